The first kappa shape index (κ1) is 13.8. The maximum atomic E-state index is 5.69. The predicted octanol–water partition coefficient (Wildman–Crippen LogP) is 2.72. The molecular weight excluding hydrogens is 318 g/mol. The largest absolute Gasteiger partial charge is 0.355 e. The molecule has 2 aromatic rings. The van der Waals surface area contributed by atoms with Gasteiger partial charge < -0.3 is 10.6 Å². The molecule has 0 aromatic carbocycles. The zero-order chi connectivity index (χ0) is 14.1. The van der Waals surface area contributed by atoms with E-state index < -0.39 is 0 Å². The highest BCUT2D eigenvalue weighted by molar-refractivity contribution is 9.10. The molecule has 3 rings (SSSR count). The van der Waals surface area contributed by atoms with Gasteiger partial charge in [0.1, 0.15) is 10.4 Å². The van der Waals surface area contributed by atoms with Crippen LogP contribution >= 0.6 is 15.9 Å². The summed E-state index contributed by atoms with van der Waals surface area (Å²) in [6, 6.07) is 4.65. The summed E-state index contributed by atoms with van der Waals surface area (Å²) in [6.07, 6.45) is 6.53. The Hall–Kier alpha value is -1.14. The number of nitrogens with zero attached hydrogens (tertiary/aromatic N) is 4. The minimum atomic E-state index is 0.414. The van der Waals surface area contributed by atoms with Gasteiger partial charge in [-0.15, -0.1) is 5.10 Å². The Morgan fingerprint density at radius 1 is 1.35 bits per heavy atom. The number of anilines is 1. The molecule has 0 spiro atoms. The molecule has 1 aliphatic rings. The third kappa shape index (κ3) is 2.42. The van der Waals surface area contributed by atoms with E-state index in [4.69, 9.17) is 10.8 Å². The van der Waals surface area contributed by atoms with Gasteiger partial charge in [-0.2, -0.15) is 0 Å². The highest BCUT2D eigenvalue weighted by atomic mass is 79.9. The maximum Gasteiger partial charge on any atom is 0.155 e. The van der Waals surface area contributed by atoms with Gasteiger partial charge in [0, 0.05) is 19.6 Å². The summed E-state index contributed by atoms with van der Waals surface area (Å²) < 4.78 is 2.69. The molecule has 1 fully saturated rings. The van der Waals surface area contributed by atoms with Crippen molar-refractivity contribution in [2.75, 3.05) is 11.9 Å². The number of imidazole rings is 1. The Bertz CT molecular complexity index is 603. The van der Waals surface area contributed by atoms with Gasteiger partial charge in [-0.3, -0.25) is 0 Å². The Labute approximate surface area is 127 Å². The van der Waals surface area contributed by atoms with E-state index in [2.05, 4.69) is 32.9 Å². The highest BCUT2D eigenvalue weighted by Crippen LogP contribution is 2.26. The van der Waals surface area contributed by atoms with Gasteiger partial charge in [-0.25, -0.2) is 9.50 Å². The second kappa shape index (κ2) is 5.69. The van der Waals surface area contributed by atoms with Crippen molar-refractivity contribution in [3.63, 3.8) is 0 Å². The minimum absolute atomic E-state index is 0.414. The molecule has 1 saturated carbocycles. The normalized spacial score (nSPS) is 16.8. The van der Waals surface area contributed by atoms with Crippen LogP contribution in [0, 0.1) is 0 Å². The molecule has 2 aromatic heterocycles. The SMILES string of the molecule is CN(c1ccc2nc(CN)c(Br)n2n1)C1CCCCC1. The van der Waals surface area contributed by atoms with Crippen LogP contribution < -0.4 is 10.6 Å². The van der Waals surface area contributed by atoms with E-state index in [-0.39, 0.29) is 0 Å². The third-order valence-electron chi connectivity index (χ3n) is 4.15. The average Bonchev–Trinajstić information content (AvgIpc) is 2.83. The number of fused-ring (bicyclic) bond motifs is 1. The monoisotopic (exact) mass is 337 g/mol. The first-order valence-electron chi connectivity index (χ1n) is 7.18. The summed E-state index contributed by atoms with van der Waals surface area (Å²) in [5.41, 5.74) is 7.36. The Balaban J connectivity index is 1.93. The lowest BCUT2D eigenvalue weighted by Crippen LogP contribution is -2.34. The van der Waals surface area contributed by atoms with Crippen LogP contribution in [0.3, 0.4) is 0 Å². The van der Waals surface area contributed by atoms with Gasteiger partial charge in [0.25, 0.3) is 0 Å². The fraction of sp³-hybridized carbons (Fsp3) is 0.571. The molecule has 1 aliphatic carbocycles. The van der Waals surface area contributed by atoms with Crippen molar-refractivity contribution in [2.24, 2.45) is 5.73 Å². The second-order valence-electron chi connectivity index (χ2n) is 5.42. The van der Waals surface area contributed by atoms with Gasteiger partial charge >= 0.3 is 0 Å². The molecule has 108 valence electrons. The zero-order valence-electron chi connectivity index (χ0n) is 11.7. The lowest BCUT2D eigenvalue weighted by Gasteiger charge is -2.31. The number of halogens is 1. The van der Waals surface area contributed by atoms with E-state index in [9.17, 15) is 0 Å². The van der Waals surface area contributed by atoms with E-state index in [1.165, 1.54) is 32.1 Å². The molecule has 20 heavy (non-hydrogen) atoms. The van der Waals surface area contributed by atoms with Crippen LogP contribution in [-0.2, 0) is 6.54 Å². The van der Waals surface area contributed by atoms with Gasteiger partial charge in [0.05, 0.1) is 5.69 Å². The fourth-order valence-electron chi connectivity index (χ4n) is 2.92. The number of hydrogen-bond acceptors (Lipinski definition) is 4. The van der Waals surface area contributed by atoms with Crippen LogP contribution in [0.1, 0.15) is 37.8 Å². The number of nitrogens with two attached hydrogens (primary N) is 1. The number of hydrogen-bond donors (Lipinski definition) is 1. The van der Waals surface area contributed by atoms with Crippen molar-refractivity contribution in [3.05, 3.63) is 22.4 Å². The summed E-state index contributed by atoms with van der Waals surface area (Å²) >= 11 is 3.53. The Kier molecular flexibility index (Phi) is 3.94. The minimum Gasteiger partial charge on any atom is -0.355 e. The Morgan fingerprint density at radius 3 is 2.80 bits per heavy atom. The molecule has 0 aliphatic heterocycles. The highest BCUT2D eigenvalue weighted by Gasteiger charge is 2.20. The maximum absolute atomic E-state index is 5.69. The van der Waals surface area contributed by atoms with E-state index in [0.29, 0.717) is 12.6 Å². The van der Waals surface area contributed by atoms with E-state index in [1.807, 2.05) is 16.6 Å². The summed E-state index contributed by atoms with van der Waals surface area (Å²) in [5.74, 6) is 0.992. The van der Waals surface area contributed by atoms with Crippen molar-refractivity contribution in [2.45, 2.75) is 44.7 Å². The smallest absolute Gasteiger partial charge is 0.155 e. The average molecular weight is 338 g/mol. The van der Waals surface area contributed by atoms with Crippen molar-refractivity contribution in [3.8, 4) is 0 Å². The van der Waals surface area contributed by atoms with Crippen molar-refractivity contribution in [1.29, 1.82) is 0 Å². The molecule has 6 heteroatoms. The van der Waals surface area contributed by atoms with Gasteiger partial charge in [0.15, 0.2) is 5.65 Å². The topological polar surface area (TPSA) is 59.5 Å². The van der Waals surface area contributed by atoms with Gasteiger partial charge in [-0.05, 0) is 40.9 Å². The lowest BCUT2D eigenvalue weighted by atomic mass is 9.94. The molecule has 0 unspecified atom stereocenters. The van der Waals surface area contributed by atoms with Crippen LogP contribution in [0.2, 0.25) is 0 Å². The first-order chi connectivity index (χ1) is 9.70. The molecule has 0 atom stereocenters. The van der Waals surface area contributed by atoms with Crippen LogP contribution in [0.5, 0.6) is 0 Å². The van der Waals surface area contributed by atoms with Crippen LogP contribution in [-0.4, -0.2) is 27.7 Å². The molecular formula is C14H20BrN5. The second-order valence-corrected chi connectivity index (χ2v) is 6.17. The summed E-state index contributed by atoms with van der Waals surface area (Å²) in [4.78, 5) is 6.75. The van der Waals surface area contributed by atoms with Crippen molar-refractivity contribution < 1.29 is 0 Å². The lowest BCUT2D eigenvalue weighted by molar-refractivity contribution is 0.425. The molecule has 2 N–H and O–H groups in total. The first-order valence-corrected chi connectivity index (χ1v) is 7.97. The molecule has 5 nitrogen and oxygen atoms in total. The summed E-state index contributed by atoms with van der Waals surface area (Å²) in [6.45, 7) is 0.414. The molecule has 0 radical (unpaired) electrons. The fourth-order valence-corrected chi connectivity index (χ4v) is 3.43. The molecule has 2 heterocycles. The van der Waals surface area contributed by atoms with E-state index in [1.54, 1.807) is 0 Å². The van der Waals surface area contributed by atoms with Crippen LogP contribution in [0.15, 0.2) is 16.7 Å². The quantitative estimate of drug-likeness (QED) is 0.935. The van der Waals surface area contributed by atoms with E-state index in [0.717, 1.165) is 21.8 Å². The Morgan fingerprint density at radius 2 is 2.10 bits per heavy atom. The molecule has 0 saturated heterocycles. The number of aromatic nitrogens is 3. The summed E-state index contributed by atoms with van der Waals surface area (Å²) in [7, 11) is 2.14. The van der Waals surface area contributed by atoms with Gasteiger partial charge in [-0.1, -0.05) is 19.3 Å². The number of rotatable bonds is 3. The summed E-state index contributed by atoms with van der Waals surface area (Å²) in [5, 5.41) is 4.70. The molecule has 0 bridgehead atoms. The van der Waals surface area contributed by atoms with E-state index >= 15 is 0 Å². The van der Waals surface area contributed by atoms with Crippen LogP contribution in [0.25, 0.3) is 5.65 Å². The third-order valence-corrected chi connectivity index (χ3v) is 4.95. The van der Waals surface area contributed by atoms with Gasteiger partial charge in [0.2, 0.25) is 0 Å². The van der Waals surface area contributed by atoms with Crippen molar-refractivity contribution in [1.82, 2.24) is 14.6 Å². The molecule has 0 amide bonds. The predicted molar refractivity (Wildman–Crippen MR) is 83.9 cm³/mol. The van der Waals surface area contributed by atoms with Crippen molar-refractivity contribution >= 4 is 27.4 Å². The van der Waals surface area contributed by atoms with Crippen LogP contribution in [0.4, 0.5) is 5.82 Å². The zero-order valence-corrected chi connectivity index (χ0v) is 13.3. The standard InChI is InChI=1S/C14H20BrN5/c1-19(10-5-3-2-4-6-10)13-8-7-12-17-11(9-16)14(15)20(12)18-13/h7-8,10H,2-6,9,16H2,1H3.